The number of H-pyrrole nitrogens is 1. The normalized spacial score (nSPS) is 15.9. The molecule has 3 heterocycles. The average molecular weight is 433 g/mol. The molecule has 1 atom stereocenters. The van der Waals surface area contributed by atoms with E-state index in [1.807, 2.05) is 41.8 Å². The van der Waals surface area contributed by atoms with Crippen molar-refractivity contribution in [3.63, 3.8) is 0 Å². The van der Waals surface area contributed by atoms with Gasteiger partial charge in [-0.1, -0.05) is 24.3 Å². The first-order chi connectivity index (χ1) is 15.1. The quantitative estimate of drug-likeness (QED) is 0.452. The van der Waals surface area contributed by atoms with Gasteiger partial charge >= 0.3 is 0 Å². The fraction of sp³-hybridized carbons (Fsp3) is 0.167. The predicted octanol–water partition coefficient (Wildman–Crippen LogP) is 4.15. The van der Waals surface area contributed by atoms with Gasteiger partial charge in [0.25, 0.3) is 11.5 Å². The Morgan fingerprint density at radius 1 is 1.13 bits per heavy atom. The molecule has 2 aromatic heterocycles. The third-order valence-corrected chi connectivity index (χ3v) is 6.39. The van der Waals surface area contributed by atoms with Crippen LogP contribution in [0, 0.1) is 0 Å². The Balaban J connectivity index is 1.47. The molecule has 6 nitrogen and oxygen atoms in total. The summed E-state index contributed by atoms with van der Waals surface area (Å²) < 4.78 is 5.30. The van der Waals surface area contributed by atoms with E-state index >= 15 is 0 Å². The summed E-state index contributed by atoms with van der Waals surface area (Å²) >= 11 is 1.40. The van der Waals surface area contributed by atoms with Crippen LogP contribution in [-0.2, 0) is 4.74 Å². The molecule has 1 fully saturated rings. The molecule has 3 N–H and O–H groups in total. The van der Waals surface area contributed by atoms with E-state index in [1.165, 1.54) is 11.3 Å². The molecule has 2 aromatic carbocycles. The number of fused-ring (bicyclic) bond motifs is 1. The summed E-state index contributed by atoms with van der Waals surface area (Å²) in [7, 11) is 0. The van der Waals surface area contributed by atoms with Crippen LogP contribution in [0.4, 0.5) is 0 Å². The first kappa shape index (κ1) is 19.5. The number of aromatic nitrogens is 1. The van der Waals surface area contributed by atoms with Crippen LogP contribution in [0.1, 0.15) is 16.8 Å². The highest BCUT2D eigenvalue weighted by Crippen LogP contribution is 2.36. The number of hydrogen-bond donors (Lipinski definition) is 3. The summed E-state index contributed by atoms with van der Waals surface area (Å²) in [5.41, 5.74) is 2.91. The van der Waals surface area contributed by atoms with Gasteiger partial charge in [-0.2, -0.15) is 0 Å². The Bertz CT molecular complexity index is 1300. The molecule has 0 spiro atoms. The van der Waals surface area contributed by atoms with Crippen molar-refractivity contribution in [2.24, 2.45) is 0 Å². The standard InChI is InChI=1S/C24H20N2O4S/c27-22-18-12-16(7-8-19(18)26-24(29)21(22)20-2-1-11-31-20)14-3-5-15(6-4-14)23(28)25-17-9-10-30-13-17/h1-8,11-12,17H,9-10,13H2,(H,25,28)(H2,26,27,29). The number of aromatic amines is 1. The number of rotatable bonds is 4. The second-order valence-corrected chi connectivity index (χ2v) is 8.47. The van der Waals surface area contributed by atoms with Crippen LogP contribution in [0.15, 0.2) is 64.8 Å². The molecule has 1 aliphatic heterocycles. The molecule has 0 bridgehead atoms. The molecule has 1 saturated heterocycles. The fourth-order valence-corrected chi connectivity index (χ4v) is 4.60. The van der Waals surface area contributed by atoms with Gasteiger partial charge in [-0.15, -0.1) is 11.3 Å². The molecular weight excluding hydrogens is 412 g/mol. The van der Waals surface area contributed by atoms with Gasteiger partial charge in [0.15, 0.2) is 0 Å². The highest BCUT2D eigenvalue weighted by molar-refractivity contribution is 7.13. The zero-order valence-corrected chi connectivity index (χ0v) is 17.4. The summed E-state index contributed by atoms with van der Waals surface area (Å²) in [5, 5.41) is 16.3. The summed E-state index contributed by atoms with van der Waals surface area (Å²) in [5.74, 6) is -0.144. The molecule has 156 valence electrons. The number of nitrogens with one attached hydrogen (secondary N) is 2. The SMILES string of the molecule is O=C(NC1CCOC1)c1ccc(-c2ccc3[nH]c(=O)c(-c4cccs4)c(O)c3c2)cc1. The van der Waals surface area contributed by atoms with Crippen LogP contribution in [0.3, 0.4) is 0 Å². The van der Waals surface area contributed by atoms with Gasteiger partial charge in [-0.25, -0.2) is 0 Å². The van der Waals surface area contributed by atoms with E-state index < -0.39 is 0 Å². The van der Waals surface area contributed by atoms with Gasteiger partial charge in [0.05, 0.1) is 23.7 Å². The van der Waals surface area contributed by atoms with Crippen molar-refractivity contribution in [1.82, 2.24) is 10.3 Å². The van der Waals surface area contributed by atoms with Crippen molar-refractivity contribution in [3.05, 3.63) is 75.9 Å². The number of aromatic hydroxyl groups is 1. The van der Waals surface area contributed by atoms with E-state index in [1.54, 1.807) is 18.2 Å². The first-order valence-corrected chi connectivity index (χ1v) is 10.9. The largest absolute Gasteiger partial charge is 0.506 e. The van der Waals surface area contributed by atoms with Crippen LogP contribution < -0.4 is 10.9 Å². The maximum atomic E-state index is 12.5. The third-order valence-electron chi connectivity index (χ3n) is 5.50. The van der Waals surface area contributed by atoms with Gasteiger partial charge in [0.2, 0.25) is 0 Å². The molecular formula is C24H20N2O4S. The third kappa shape index (κ3) is 3.73. The number of pyridine rings is 1. The smallest absolute Gasteiger partial charge is 0.260 e. The zero-order chi connectivity index (χ0) is 21.4. The van der Waals surface area contributed by atoms with Gasteiger partial charge in [-0.3, -0.25) is 9.59 Å². The fourth-order valence-electron chi connectivity index (χ4n) is 3.84. The summed E-state index contributed by atoms with van der Waals surface area (Å²) in [6.45, 7) is 1.23. The monoisotopic (exact) mass is 432 g/mol. The van der Waals surface area contributed by atoms with Crippen LogP contribution in [0.25, 0.3) is 32.5 Å². The lowest BCUT2D eigenvalue weighted by Gasteiger charge is -2.11. The topological polar surface area (TPSA) is 91.4 Å². The van der Waals surface area contributed by atoms with Gasteiger partial charge < -0.3 is 20.1 Å². The summed E-state index contributed by atoms with van der Waals surface area (Å²) in [4.78, 5) is 28.5. The Labute approximate surface area is 182 Å². The number of ether oxygens (including phenoxy) is 1. The summed E-state index contributed by atoms with van der Waals surface area (Å²) in [6, 6.07) is 16.6. The predicted molar refractivity (Wildman–Crippen MR) is 122 cm³/mol. The molecule has 1 amide bonds. The molecule has 0 aliphatic carbocycles. The highest BCUT2D eigenvalue weighted by atomic mass is 32.1. The number of thiophene rings is 1. The average Bonchev–Trinajstić information content (AvgIpc) is 3.48. The van der Waals surface area contributed by atoms with Crippen molar-refractivity contribution >= 4 is 28.1 Å². The zero-order valence-electron chi connectivity index (χ0n) is 16.6. The van der Waals surface area contributed by atoms with E-state index in [4.69, 9.17) is 4.74 Å². The van der Waals surface area contributed by atoms with E-state index in [0.717, 1.165) is 17.5 Å². The van der Waals surface area contributed by atoms with E-state index in [9.17, 15) is 14.7 Å². The molecule has 0 saturated carbocycles. The van der Waals surface area contributed by atoms with E-state index in [2.05, 4.69) is 10.3 Å². The van der Waals surface area contributed by atoms with Crippen LogP contribution in [0.5, 0.6) is 5.75 Å². The lowest BCUT2D eigenvalue weighted by atomic mass is 10.00. The molecule has 31 heavy (non-hydrogen) atoms. The Morgan fingerprint density at radius 2 is 1.94 bits per heavy atom. The molecule has 7 heteroatoms. The number of carbonyl (C=O) groups excluding carboxylic acids is 1. The Morgan fingerprint density at radius 3 is 2.65 bits per heavy atom. The minimum Gasteiger partial charge on any atom is -0.506 e. The van der Waals surface area contributed by atoms with Gasteiger partial charge in [-0.05, 0) is 53.3 Å². The maximum absolute atomic E-state index is 12.5. The van der Waals surface area contributed by atoms with E-state index in [0.29, 0.717) is 34.6 Å². The number of benzene rings is 2. The van der Waals surface area contributed by atoms with Crippen LogP contribution in [-0.4, -0.2) is 35.3 Å². The molecule has 1 aliphatic rings. The van der Waals surface area contributed by atoms with Crippen LogP contribution >= 0.6 is 11.3 Å². The van der Waals surface area contributed by atoms with Crippen molar-refractivity contribution in [1.29, 1.82) is 0 Å². The molecule has 4 aromatic rings. The Kier molecular flexibility index (Phi) is 5.05. The molecule has 0 radical (unpaired) electrons. The van der Waals surface area contributed by atoms with Crippen molar-refractivity contribution in [2.45, 2.75) is 12.5 Å². The highest BCUT2D eigenvalue weighted by Gasteiger charge is 2.19. The van der Waals surface area contributed by atoms with Crippen LogP contribution in [0.2, 0.25) is 0 Å². The maximum Gasteiger partial charge on any atom is 0.260 e. The number of hydrogen-bond acceptors (Lipinski definition) is 5. The molecule has 1 unspecified atom stereocenters. The minimum absolute atomic E-state index is 0.0298. The van der Waals surface area contributed by atoms with Gasteiger partial charge in [0.1, 0.15) is 5.75 Å². The Hall–Kier alpha value is -3.42. The number of amides is 1. The second kappa shape index (κ2) is 8.02. The first-order valence-electron chi connectivity index (χ1n) is 10.0. The van der Waals surface area contributed by atoms with Crippen molar-refractivity contribution < 1.29 is 14.6 Å². The lowest BCUT2D eigenvalue weighted by molar-refractivity contribution is 0.0930. The lowest BCUT2D eigenvalue weighted by Crippen LogP contribution is -2.34. The summed E-state index contributed by atoms with van der Waals surface area (Å²) in [6.07, 6.45) is 0.833. The number of carbonyl (C=O) groups is 1. The van der Waals surface area contributed by atoms with Crippen molar-refractivity contribution in [3.8, 4) is 27.3 Å². The second-order valence-electron chi connectivity index (χ2n) is 7.53. The van der Waals surface area contributed by atoms with Crippen molar-refractivity contribution in [2.75, 3.05) is 13.2 Å². The van der Waals surface area contributed by atoms with Gasteiger partial charge in [0, 0.05) is 22.4 Å². The van der Waals surface area contributed by atoms with E-state index in [-0.39, 0.29) is 28.8 Å². The minimum atomic E-state index is -0.316. The molecule has 5 rings (SSSR count).